The number of rotatable bonds is 5. The van der Waals surface area contributed by atoms with E-state index >= 15 is 0 Å². The smallest absolute Gasteiger partial charge is 0.352 e. The third-order valence-corrected chi connectivity index (χ3v) is 4.49. The summed E-state index contributed by atoms with van der Waals surface area (Å²) >= 11 is 0. The van der Waals surface area contributed by atoms with Crippen LogP contribution in [-0.4, -0.2) is 27.0 Å². The average molecular weight is 327 g/mol. The monoisotopic (exact) mass is 327 g/mol. The molecule has 3 N–H and O–H groups in total. The van der Waals surface area contributed by atoms with E-state index < -0.39 is 5.97 Å². The molecule has 1 aliphatic rings. The third kappa shape index (κ3) is 3.04. The van der Waals surface area contributed by atoms with Gasteiger partial charge >= 0.3 is 5.97 Å². The molecule has 2 heterocycles. The van der Waals surface area contributed by atoms with E-state index in [-0.39, 0.29) is 17.6 Å². The van der Waals surface area contributed by atoms with Crippen molar-refractivity contribution in [1.29, 1.82) is 0 Å². The topological polar surface area (TPSA) is 95.1 Å². The first-order valence-corrected chi connectivity index (χ1v) is 8.05. The molecule has 24 heavy (non-hydrogen) atoms. The lowest BCUT2D eigenvalue weighted by Gasteiger charge is -2.18. The minimum absolute atomic E-state index is 0.0642. The molecule has 1 aliphatic carbocycles. The molecule has 0 aliphatic heterocycles. The Hall–Kier alpha value is -2.63. The van der Waals surface area contributed by atoms with Crippen molar-refractivity contribution in [2.24, 2.45) is 5.92 Å². The highest BCUT2D eigenvalue weighted by molar-refractivity contribution is 6.01. The number of aromatic carboxylic acids is 1. The standard InChI is InChI=1S/C18H21N3O3/c1-9-5-4-6-13(19-9)16(12-7-8-12)21-17(22)14-10(2)15(18(23)24)20-11(14)3/h4-6,12,16,20H,7-8H2,1-3H3,(H,21,22)(H,23,24)/t16-/m1/s1. The van der Waals surface area contributed by atoms with E-state index in [0.29, 0.717) is 22.7 Å². The number of carbonyl (C=O) groups excluding carboxylic acids is 1. The molecule has 0 aromatic carbocycles. The first-order chi connectivity index (χ1) is 11.4. The molecule has 1 fully saturated rings. The summed E-state index contributed by atoms with van der Waals surface area (Å²) in [6.45, 7) is 5.29. The van der Waals surface area contributed by atoms with Crippen LogP contribution in [0.5, 0.6) is 0 Å². The van der Waals surface area contributed by atoms with Gasteiger partial charge in [-0.25, -0.2) is 4.79 Å². The van der Waals surface area contributed by atoms with Crippen molar-refractivity contribution < 1.29 is 14.7 Å². The molecule has 6 heteroatoms. The van der Waals surface area contributed by atoms with Crippen molar-refractivity contribution >= 4 is 11.9 Å². The van der Waals surface area contributed by atoms with Crippen LogP contribution in [0.3, 0.4) is 0 Å². The summed E-state index contributed by atoms with van der Waals surface area (Å²) in [7, 11) is 0. The number of aromatic nitrogens is 2. The molecule has 0 spiro atoms. The summed E-state index contributed by atoms with van der Waals surface area (Å²) in [6, 6.07) is 5.65. The minimum atomic E-state index is -1.06. The number of nitrogens with one attached hydrogen (secondary N) is 2. The lowest BCUT2D eigenvalue weighted by Crippen LogP contribution is -2.31. The summed E-state index contributed by atoms with van der Waals surface area (Å²) in [4.78, 5) is 31.3. The highest BCUT2D eigenvalue weighted by atomic mass is 16.4. The number of H-pyrrole nitrogens is 1. The predicted molar refractivity (Wildman–Crippen MR) is 89.1 cm³/mol. The Bertz CT molecular complexity index is 806. The highest BCUT2D eigenvalue weighted by Crippen LogP contribution is 2.40. The molecule has 0 saturated heterocycles. The van der Waals surface area contributed by atoms with E-state index in [1.807, 2.05) is 25.1 Å². The van der Waals surface area contributed by atoms with E-state index in [1.165, 1.54) is 0 Å². The molecule has 0 bridgehead atoms. The van der Waals surface area contributed by atoms with Gasteiger partial charge in [-0.15, -0.1) is 0 Å². The van der Waals surface area contributed by atoms with E-state index in [9.17, 15) is 14.7 Å². The van der Waals surface area contributed by atoms with Gasteiger partial charge in [-0.1, -0.05) is 6.07 Å². The summed E-state index contributed by atoms with van der Waals surface area (Å²) in [5.74, 6) is -0.926. The van der Waals surface area contributed by atoms with Crippen molar-refractivity contribution in [2.45, 2.75) is 39.7 Å². The lowest BCUT2D eigenvalue weighted by atomic mass is 10.0. The Kier molecular flexibility index (Phi) is 4.13. The number of amides is 1. The molecule has 0 unspecified atom stereocenters. The second kappa shape index (κ2) is 6.11. The number of pyridine rings is 1. The summed E-state index contributed by atoms with van der Waals surface area (Å²) in [6.07, 6.45) is 2.12. The predicted octanol–water partition coefficient (Wildman–Crippen LogP) is 2.91. The molecular weight excluding hydrogens is 306 g/mol. The zero-order chi connectivity index (χ0) is 17.4. The number of hydrogen-bond acceptors (Lipinski definition) is 3. The fraction of sp³-hybridized carbons (Fsp3) is 0.389. The van der Waals surface area contributed by atoms with E-state index in [2.05, 4.69) is 15.3 Å². The van der Waals surface area contributed by atoms with Gasteiger partial charge in [0.1, 0.15) is 5.69 Å². The van der Waals surface area contributed by atoms with Crippen molar-refractivity contribution in [2.75, 3.05) is 0 Å². The summed E-state index contributed by atoms with van der Waals surface area (Å²) in [5.41, 5.74) is 3.27. The number of carbonyl (C=O) groups is 2. The Morgan fingerprint density at radius 2 is 2.00 bits per heavy atom. The maximum Gasteiger partial charge on any atom is 0.352 e. The lowest BCUT2D eigenvalue weighted by molar-refractivity contribution is 0.0690. The van der Waals surface area contributed by atoms with Gasteiger partial charge < -0.3 is 15.4 Å². The molecule has 3 rings (SSSR count). The van der Waals surface area contributed by atoms with Crippen molar-refractivity contribution in [3.63, 3.8) is 0 Å². The van der Waals surface area contributed by atoms with Crippen molar-refractivity contribution in [1.82, 2.24) is 15.3 Å². The second-order valence-corrected chi connectivity index (χ2v) is 6.42. The number of carboxylic acids is 1. The Labute approximate surface area is 140 Å². The minimum Gasteiger partial charge on any atom is -0.477 e. The molecular formula is C18H21N3O3. The maximum absolute atomic E-state index is 12.8. The average Bonchev–Trinajstić information content (AvgIpc) is 3.30. The van der Waals surface area contributed by atoms with E-state index in [4.69, 9.17) is 0 Å². The third-order valence-electron chi connectivity index (χ3n) is 4.49. The molecule has 6 nitrogen and oxygen atoms in total. The fourth-order valence-corrected chi connectivity index (χ4v) is 3.12. The van der Waals surface area contributed by atoms with Gasteiger partial charge in [-0.3, -0.25) is 9.78 Å². The van der Waals surface area contributed by atoms with Gasteiger partial charge in [0.2, 0.25) is 0 Å². The first-order valence-electron chi connectivity index (χ1n) is 8.05. The molecule has 0 radical (unpaired) electrons. The van der Waals surface area contributed by atoms with E-state index in [0.717, 1.165) is 24.2 Å². The molecule has 2 aromatic rings. The van der Waals surface area contributed by atoms with E-state index in [1.54, 1.807) is 13.8 Å². The van der Waals surface area contributed by atoms with Crippen LogP contribution in [-0.2, 0) is 0 Å². The van der Waals surface area contributed by atoms with Crippen molar-refractivity contribution in [3.05, 3.63) is 52.1 Å². The molecule has 1 saturated carbocycles. The van der Waals surface area contributed by atoms with Gasteiger partial charge in [-0.2, -0.15) is 0 Å². The van der Waals surface area contributed by atoms with Gasteiger partial charge in [0.05, 0.1) is 17.3 Å². The number of nitrogens with zero attached hydrogens (tertiary/aromatic N) is 1. The van der Waals surface area contributed by atoms with Gasteiger partial charge in [-0.05, 0) is 57.2 Å². The number of carboxylic acid groups (broad SMARTS) is 1. The molecule has 1 amide bonds. The summed E-state index contributed by atoms with van der Waals surface area (Å²) < 4.78 is 0. The highest BCUT2D eigenvalue weighted by Gasteiger charge is 2.35. The van der Waals surface area contributed by atoms with Crippen LogP contribution >= 0.6 is 0 Å². The first kappa shape index (κ1) is 16.2. The van der Waals surface area contributed by atoms with Gasteiger partial charge in [0, 0.05) is 11.4 Å². The van der Waals surface area contributed by atoms with Crippen molar-refractivity contribution in [3.8, 4) is 0 Å². The zero-order valence-electron chi connectivity index (χ0n) is 14.0. The largest absolute Gasteiger partial charge is 0.477 e. The quantitative estimate of drug-likeness (QED) is 0.787. The SMILES string of the molecule is Cc1cccc([C@H](NC(=O)c2c(C)[nH]c(C(=O)O)c2C)C2CC2)n1. The van der Waals surface area contributed by atoms with Crippen LogP contribution in [0.4, 0.5) is 0 Å². The summed E-state index contributed by atoms with van der Waals surface area (Å²) in [5, 5.41) is 12.3. The second-order valence-electron chi connectivity index (χ2n) is 6.42. The van der Waals surface area contributed by atoms with Gasteiger partial charge in [0.15, 0.2) is 0 Å². The molecule has 126 valence electrons. The van der Waals surface area contributed by atoms with Crippen LogP contribution in [0, 0.1) is 26.7 Å². The Morgan fingerprint density at radius 1 is 1.29 bits per heavy atom. The Morgan fingerprint density at radius 3 is 2.54 bits per heavy atom. The number of hydrogen-bond donors (Lipinski definition) is 3. The van der Waals surface area contributed by atoms with Crippen LogP contribution < -0.4 is 5.32 Å². The fourth-order valence-electron chi connectivity index (χ4n) is 3.12. The van der Waals surface area contributed by atoms with Crippen LogP contribution in [0.15, 0.2) is 18.2 Å². The molecule has 1 atom stereocenters. The normalized spacial score (nSPS) is 15.1. The maximum atomic E-state index is 12.8. The van der Waals surface area contributed by atoms with Crippen LogP contribution in [0.25, 0.3) is 0 Å². The Balaban J connectivity index is 1.89. The van der Waals surface area contributed by atoms with Crippen LogP contribution in [0.2, 0.25) is 0 Å². The van der Waals surface area contributed by atoms with Gasteiger partial charge in [0.25, 0.3) is 5.91 Å². The zero-order valence-corrected chi connectivity index (χ0v) is 14.0. The number of aryl methyl sites for hydroxylation is 2. The van der Waals surface area contributed by atoms with Crippen LogP contribution in [0.1, 0.15) is 62.4 Å². The number of aromatic amines is 1. The molecule has 2 aromatic heterocycles.